The van der Waals surface area contributed by atoms with Gasteiger partial charge in [0.1, 0.15) is 0 Å². The summed E-state index contributed by atoms with van der Waals surface area (Å²) >= 11 is 12.0. The lowest BCUT2D eigenvalue weighted by Crippen LogP contribution is -1.98. The van der Waals surface area contributed by atoms with Gasteiger partial charge >= 0.3 is 0 Å². The zero-order valence-corrected chi connectivity index (χ0v) is 12.0. The molecule has 3 rings (SSSR count). The van der Waals surface area contributed by atoms with Gasteiger partial charge in [-0.15, -0.1) is 0 Å². The number of nitriles is 1. The van der Waals surface area contributed by atoms with Gasteiger partial charge in [-0.25, -0.2) is 0 Å². The number of benzene rings is 2. The lowest BCUT2D eigenvalue weighted by Gasteiger charge is -2.07. The summed E-state index contributed by atoms with van der Waals surface area (Å²) in [4.78, 5) is 0. The highest BCUT2D eigenvalue weighted by atomic mass is 35.5. The Morgan fingerprint density at radius 3 is 2.60 bits per heavy atom. The molecular formula is C16H10Cl2N2. The number of halogens is 2. The summed E-state index contributed by atoms with van der Waals surface area (Å²) in [7, 11) is 0. The normalized spacial score (nSPS) is 10.7. The average molecular weight is 301 g/mol. The van der Waals surface area contributed by atoms with Crippen molar-refractivity contribution in [2.45, 2.75) is 6.54 Å². The molecule has 0 N–H and O–H groups in total. The van der Waals surface area contributed by atoms with Crippen LogP contribution in [0.25, 0.3) is 10.9 Å². The highest BCUT2D eigenvalue weighted by molar-refractivity contribution is 6.42. The van der Waals surface area contributed by atoms with Crippen molar-refractivity contribution in [3.8, 4) is 6.07 Å². The van der Waals surface area contributed by atoms with Crippen LogP contribution in [-0.2, 0) is 6.54 Å². The van der Waals surface area contributed by atoms with Crippen LogP contribution in [0.15, 0.2) is 48.7 Å². The summed E-state index contributed by atoms with van der Waals surface area (Å²) in [6.07, 6.45) is 2.01. The third-order valence-corrected chi connectivity index (χ3v) is 3.98. The molecule has 0 fully saturated rings. The predicted octanol–water partition coefficient (Wildman–Crippen LogP) is 4.87. The molecule has 0 spiro atoms. The maximum Gasteiger partial charge on any atom is 0.0992 e. The van der Waals surface area contributed by atoms with Gasteiger partial charge in [-0.2, -0.15) is 5.26 Å². The zero-order chi connectivity index (χ0) is 14.1. The summed E-state index contributed by atoms with van der Waals surface area (Å²) in [5.74, 6) is 0. The highest BCUT2D eigenvalue weighted by Crippen LogP contribution is 2.24. The van der Waals surface area contributed by atoms with Gasteiger partial charge in [0.2, 0.25) is 0 Å². The van der Waals surface area contributed by atoms with Crippen molar-refractivity contribution in [2.24, 2.45) is 0 Å². The molecular weight excluding hydrogens is 291 g/mol. The Morgan fingerprint density at radius 2 is 1.85 bits per heavy atom. The number of hydrogen-bond donors (Lipinski definition) is 0. The SMILES string of the molecule is N#Cc1ccc2ccn(Cc3ccc(Cl)c(Cl)c3)c2c1. The summed E-state index contributed by atoms with van der Waals surface area (Å²) < 4.78 is 2.09. The van der Waals surface area contributed by atoms with Crippen molar-refractivity contribution in [3.05, 3.63) is 69.8 Å². The lowest BCUT2D eigenvalue weighted by atomic mass is 10.2. The van der Waals surface area contributed by atoms with Crippen LogP contribution in [0.2, 0.25) is 10.0 Å². The van der Waals surface area contributed by atoms with Crippen molar-refractivity contribution < 1.29 is 0 Å². The largest absolute Gasteiger partial charge is 0.343 e. The molecule has 0 aliphatic heterocycles. The molecule has 0 radical (unpaired) electrons. The molecule has 0 unspecified atom stereocenters. The van der Waals surface area contributed by atoms with Crippen LogP contribution in [0.1, 0.15) is 11.1 Å². The third-order valence-electron chi connectivity index (χ3n) is 3.24. The quantitative estimate of drug-likeness (QED) is 0.664. The average Bonchev–Trinajstić information content (AvgIpc) is 2.85. The zero-order valence-electron chi connectivity index (χ0n) is 10.5. The van der Waals surface area contributed by atoms with E-state index in [-0.39, 0.29) is 0 Å². The maximum absolute atomic E-state index is 8.99. The van der Waals surface area contributed by atoms with Crippen LogP contribution in [0.3, 0.4) is 0 Å². The van der Waals surface area contributed by atoms with Gasteiger partial charge in [-0.05, 0) is 41.3 Å². The molecule has 20 heavy (non-hydrogen) atoms. The topological polar surface area (TPSA) is 28.7 Å². The Bertz CT molecular complexity index is 828. The fraction of sp³-hybridized carbons (Fsp3) is 0.0625. The van der Waals surface area contributed by atoms with Crippen molar-refractivity contribution in [1.29, 1.82) is 5.26 Å². The molecule has 0 saturated carbocycles. The van der Waals surface area contributed by atoms with Gasteiger partial charge in [0.15, 0.2) is 0 Å². The molecule has 3 aromatic rings. The van der Waals surface area contributed by atoms with Crippen LogP contribution in [0, 0.1) is 11.3 Å². The van der Waals surface area contributed by atoms with Crippen LogP contribution in [0.5, 0.6) is 0 Å². The van der Waals surface area contributed by atoms with Crippen LogP contribution in [-0.4, -0.2) is 4.57 Å². The monoisotopic (exact) mass is 300 g/mol. The minimum absolute atomic E-state index is 0.554. The van der Waals surface area contributed by atoms with Gasteiger partial charge in [-0.3, -0.25) is 0 Å². The van der Waals surface area contributed by atoms with E-state index in [0.29, 0.717) is 22.2 Å². The molecule has 4 heteroatoms. The fourth-order valence-electron chi connectivity index (χ4n) is 2.23. The van der Waals surface area contributed by atoms with E-state index in [4.69, 9.17) is 28.5 Å². The first kappa shape index (κ1) is 13.1. The Balaban J connectivity index is 2.02. The minimum Gasteiger partial charge on any atom is -0.343 e. The summed E-state index contributed by atoms with van der Waals surface area (Å²) in [6.45, 7) is 0.690. The second kappa shape index (κ2) is 5.20. The van der Waals surface area contributed by atoms with E-state index >= 15 is 0 Å². The summed E-state index contributed by atoms with van der Waals surface area (Å²) in [5.41, 5.74) is 2.76. The number of hydrogen-bond acceptors (Lipinski definition) is 1. The third kappa shape index (κ3) is 2.38. The Kier molecular flexibility index (Phi) is 3.40. The van der Waals surface area contributed by atoms with E-state index < -0.39 is 0 Å². The number of rotatable bonds is 2. The van der Waals surface area contributed by atoms with Gasteiger partial charge in [0, 0.05) is 18.3 Å². The van der Waals surface area contributed by atoms with Crippen LogP contribution >= 0.6 is 23.2 Å². The first-order valence-electron chi connectivity index (χ1n) is 6.10. The van der Waals surface area contributed by atoms with E-state index in [9.17, 15) is 0 Å². The Hall–Kier alpha value is -1.95. The van der Waals surface area contributed by atoms with Crippen molar-refractivity contribution in [3.63, 3.8) is 0 Å². The van der Waals surface area contributed by atoms with Gasteiger partial charge in [-0.1, -0.05) is 35.3 Å². The van der Waals surface area contributed by atoms with Crippen LogP contribution in [0.4, 0.5) is 0 Å². The Morgan fingerprint density at radius 1 is 1.00 bits per heavy atom. The predicted molar refractivity (Wildman–Crippen MR) is 82.2 cm³/mol. The fourth-order valence-corrected chi connectivity index (χ4v) is 2.55. The molecule has 2 nitrogen and oxygen atoms in total. The molecule has 1 heterocycles. The molecule has 98 valence electrons. The van der Waals surface area contributed by atoms with Gasteiger partial charge in [0.05, 0.1) is 21.7 Å². The van der Waals surface area contributed by atoms with Gasteiger partial charge in [0.25, 0.3) is 0 Å². The Labute approximate surface area is 126 Å². The molecule has 0 amide bonds. The van der Waals surface area contributed by atoms with Crippen molar-refractivity contribution in [1.82, 2.24) is 4.57 Å². The van der Waals surface area contributed by atoms with Crippen molar-refractivity contribution >= 4 is 34.1 Å². The van der Waals surface area contributed by atoms with E-state index in [1.54, 1.807) is 6.07 Å². The first-order chi connectivity index (χ1) is 9.67. The van der Waals surface area contributed by atoms with Crippen LogP contribution < -0.4 is 0 Å². The molecule has 0 bridgehead atoms. The van der Waals surface area contributed by atoms with E-state index in [2.05, 4.69) is 10.6 Å². The smallest absolute Gasteiger partial charge is 0.0992 e. The number of fused-ring (bicyclic) bond motifs is 1. The second-order valence-corrected chi connectivity index (χ2v) is 5.39. The standard InChI is InChI=1S/C16H10Cl2N2/c17-14-4-2-12(7-15(14)18)10-20-6-5-13-3-1-11(9-19)8-16(13)20/h1-8H,10H2. The maximum atomic E-state index is 8.99. The molecule has 1 aromatic heterocycles. The summed E-state index contributed by atoms with van der Waals surface area (Å²) in [5, 5.41) is 11.2. The van der Waals surface area contributed by atoms with Gasteiger partial charge < -0.3 is 4.57 Å². The second-order valence-electron chi connectivity index (χ2n) is 4.58. The molecule has 0 aliphatic carbocycles. The van der Waals surface area contributed by atoms with E-state index in [1.807, 2.05) is 42.6 Å². The van der Waals surface area contributed by atoms with E-state index in [0.717, 1.165) is 16.5 Å². The molecule has 0 saturated heterocycles. The lowest BCUT2D eigenvalue weighted by molar-refractivity contribution is 0.837. The number of nitrogens with zero attached hydrogens (tertiary/aromatic N) is 2. The van der Waals surface area contributed by atoms with E-state index in [1.165, 1.54) is 0 Å². The highest BCUT2D eigenvalue weighted by Gasteiger charge is 2.05. The van der Waals surface area contributed by atoms with Crippen molar-refractivity contribution in [2.75, 3.05) is 0 Å². The number of aromatic nitrogens is 1. The molecule has 2 aromatic carbocycles. The molecule has 0 atom stereocenters. The first-order valence-corrected chi connectivity index (χ1v) is 6.86. The summed E-state index contributed by atoms with van der Waals surface area (Å²) in [6, 6.07) is 15.5. The minimum atomic E-state index is 0.554. The molecule has 0 aliphatic rings.